The summed E-state index contributed by atoms with van der Waals surface area (Å²) < 4.78 is 5.40. The van der Waals surface area contributed by atoms with E-state index in [1.54, 1.807) is 0 Å². The zero-order valence-corrected chi connectivity index (χ0v) is 15.2. The molecule has 26 heavy (non-hydrogen) atoms. The quantitative estimate of drug-likeness (QED) is 0.874. The van der Waals surface area contributed by atoms with Crippen LogP contribution in [0.25, 0.3) is 0 Å². The number of amides is 1. The van der Waals surface area contributed by atoms with Gasteiger partial charge in [0.15, 0.2) is 0 Å². The molecule has 1 amide bonds. The summed E-state index contributed by atoms with van der Waals surface area (Å²) in [7, 11) is 0. The van der Waals surface area contributed by atoms with E-state index < -0.39 is 5.60 Å². The van der Waals surface area contributed by atoms with Gasteiger partial charge in [-0.3, -0.25) is 4.79 Å². The first-order chi connectivity index (χ1) is 12.5. The Balaban J connectivity index is 1.30. The molecule has 5 aliphatic rings. The third-order valence-corrected chi connectivity index (χ3v) is 7.01. The summed E-state index contributed by atoms with van der Waals surface area (Å²) in [6, 6.07) is 8.15. The number of hydrogen-bond donors (Lipinski definition) is 2. The number of carbonyl (C=O) groups excluding carboxylic acids is 1. The fourth-order valence-electron chi connectivity index (χ4n) is 6.32. The Hall–Kier alpha value is -1.59. The Morgan fingerprint density at radius 3 is 2.35 bits per heavy atom. The van der Waals surface area contributed by atoms with Crippen LogP contribution in [0.3, 0.4) is 0 Å². The Morgan fingerprint density at radius 2 is 1.73 bits per heavy atom. The fraction of sp³-hybridized carbons (Fsp3) is 0.667. The Bertz CT molecular complexity index is 682. The molecule has 1 heterocycles. The average molecular weight is 356 g/mol. The van der Waals surface area contributed by atoms with Crippen molar-refractivity contribution in [2.75, 3.05) is 36.5 Å². The van der Waals surface area contributed by atoms with Gasteiger partial charge in [0.2, 0.25) is 5.91 Å². The van der Waals surface area contributed by atoms with E-state index in [-0.39, 0.29) is 11.3 Å². The van der Waals surface area contributed by atoms with Crippen LogP contribution in [-0.2, 0) is 9.53 Å². The predicted molar refractivity (Wildman–Crippen MR) is 100 cm³/mol. The molecule has 5 heteroatoms. The maximum Gasteiger partial charge on any atom is 0.230 e. The molecular weight excluding hydrogens is 328 g/mol. The molecule has 4 saturated carbocycles. The maximum absolute atomic E-state index is 13.1. The van der Waals surface area contributed by atoms with Crippen LogP contribution in [0.4, 0.5) is 11.4 Å². The zero-order valence-electron chi connectivity index (χ0n) is 15.2. The van der Waals surface area contributed by atoms with E-state index in [1.807, 2.05) is 12.1 Å². The SMILES string of the molecule is O=C(Nc1ccc(N2CCOCC2)cc1)C12CC3CC(CC(O)(C3)C1)C2. The lowest BCUT2D eigenvalue weighted by atomic mass is 9.47. The minimum absolute atomic E-state index is 0.115. The average Bonchev–Trinajstić information content (AvgIpc) is 2.61. The highest BCUT2D eigenvalue weighted by atomic mass is 16.5. The van der Waals surface area contributed by atoms with Crippen LogP contribution >= 0.6 is 0 Å². The lowest BCUT2D eigenvalue weighted by Gasteiger charge is -2.59. The number of carbonyl (C=O) groups is 1. The lowest BCUT2D eigenvalue weighted by molar-refractivity contribution is -0.174. The smallest absolute Gasteiger partial charge is 0.230 e. The molecule has 0 aromatic heterocycles. The summed E-state index contributed by atoms with van der Waals surface area (Å²) in [5.41, 5.74) is 1.08. The van der Waals surface area contributed by atoms with E-state index in [2.05, 4.69) is 22.3 Å². The number of rotatable bonds is 3. The number of aliphatic hydroxyl groups is 1. The largest absolute Gasteiger partial charge is 0.390 e. The molecule has 2 unspecified atom stereocenters. The van der Waals surface area contributed by atoms with Gasteiger partial charge in [-0.1, -0.05) is 0 Å². The van der Waals surface area contributed by atoms with Gasteiger partial charge in [-0.25, -0.2) is 0 Å². The molecule has 1 aromatic carbocycles. The van der Waals surface area contributed by atoms with Crippen LogP contribution in [0.2, 0.25) is 0 Å². The van der Waals surface area contributed by atoms with Crippen molar-refractivity contribution in [3.63, 3.8) is 0 Å². The Morgan fingerprint density at radius 1 is 1.08 bits per heavy atom. The molecule has 1 saturated heterocycles. The van der Waals surface area contributed by atoms with E-state index in [1.165, 1.54) is 12.1 Å². The number of nitrogens with one attached hydrogen (secondary N) is 1. The minimum Gasteiger partial charge on any atom is -0.390 e. The van der Waals surface area contributed by atoms with Crippen molar-refractivity contribution in [3.8, 4) is 0 Å². The van der Waals surface area contributed by atoms with Crippen molar-refractivity contribution in [1.29, 1.82) is 0 Å². The number of benzene rings is 1. The van der Waals surface area contributed by atoms with Gasteiger partial charge < -0.3 is 20.1 Å². The second-order valence-corrected chi connectivity index (χ2v) is 9.07. The minimum atomic E-state index is -0.596. The molecule has 2 N–H and O–H groups in total. The van der Waals surface area contributed by atoms with Crippen LogP contribution in [0.5, 0.6) is 0 Å². The van der Waals surface area contributed by atoms with Gasteiger partial charge in [0.05, 0.1) is 24.2 Å². The summed E-state index contributed by atoms with van der Waals surface area (Å²) in [6.45, 7) is 3.37. The standard InChI is InChI=1S/C21H28N2O3/c24-19(20-10-15-9-16(11-20)13-21(25,12-15)14-20)22-17-1-3-18(4-2-17)23-5-7-26-8-6-23/h1-4,15-16,25H,5-14H2,(H,22,24). The number of hydrogen-bond acceptors (Lipinski definition) is 4. The van der Waals surface area contributed by atoms with Gasteiger partial charge >= 0.3 is 0 Å². The van der Waals surface area contributed by atoms with Gasteiger partial charge in [-0.05, 0) is 74.6 Å². The number of ether oxygens (including phenoxy) is 1. The van der Waals surface area contributed by atoms with Crippen molar-refractivity contribution in [2.45, 2.75) is 44.1 Å². The molecule has 140 valence electrons. The van der Waals surface area contributed by atoms with Gasteiger partial charge in [0.1, 0.15) is 0 Å². The Labute approximate surface area is 154 Å². The molecular formula is C21H28N2O3. The van der Waals surface area contributed by atoms with Gasteiger partial charge in [0.25, 0.3) is 0 Å². The first kappa shape index (κ1) is 16.6. The van der Waals surface area contributed by atoms with Crippen molar-refractivity contribution in [2.24, 2.45) is 17.3 Å². The first-order valence-electron chi connectivity index (χ1n) is 10.0. The van der Waals surface area contributed by atoms with E-state index in [0.29, 0.717) is 18.3 Å². The van der Waals surface area contributed by atoms with Crippen molar-refractivity contribution < 1.29 is 14.6 Å². The third kappa shape index (κ3) is 2.81. The summed E-state index contributed by atoms with van der Waals surface area (Å²) in [4.78, 5) is 15.5. The van der Waals surface area contributed by atoms with Gasteiger partial charge in [0, 0.05) is 24.5 Å². The van der Waals surface area contributed by atoms with Gasteiger partial charge in [-0.2, -0.15) is 0 Å². The second kappa shape index (κ2) is 5.96. The van der Waals surface area contributed by atoms with Crippen LogP contribution in [0.1, 0.15) is 38.5 Å². The van der Waals surface area contributed by atoms with Crippen LogP contribution in [0, 0.1) is 17.3 Å². The molecule has 4 aliphatic carbocycles. The number of anilines is 2. The van der Waals surface area contributed by atoms with Crippen molar-refractivity contribution in [1.82, 2.24) is 0 Å². The molecule has 1 aliphatic heterocycles. The monoisotopic (exact) mass is 356 g/mol. The van der Waals surface area contributed by atoms with Gasteiger partial charge in [-0.15, -0.1) is 0 Å². The van der Waals surface area contributed by atoms with Crippen LogP contribution in [0.15, 0.2) is 24.3 Å². The molecule has 0 spiro atoms. The first-order valence-corrected chi connectivity index (χ1v) is 10.0. The molecule has 5 nitrogen and oxygen atoms in total. The van der Waals surface area contributed by atoms with E-state index in [9.17, 15) is 9.90 Å². The maximum atomic E-state index is 13.1. The van der Waals surface area contributed by atoms with Crippen LogP contribution < -0.4 is 10.2 Å². The zero-order chi connectivity index (χ0) is 17.8. The topological polar surface area (TPSA) is 61.8 Å². The molecule has 1 aromatic rings. The summed E-state index contributed by atoms with van der Waals surface area (Å²) >= 11 is 0. The predicted octanol–water partition coefficient (Wildman–Crippen LogP) is 2.79. The van der Waals surface area contributed by atoms with E-state index >= 15 is 0 Å². The molecule has 5 fully saturated rings. The fourth-order valence-corrected chi connectivity index (χ4v) is 6.32. The molecule has 2 atom stereocenters. The highest BCUT2D eigenvalue weighted by Crippen LogP contribution is 2.61. The second-order valence-electron chi connectivity index (χ2n) is 9.07. The number of nitrogens with zero attached hydrogens (tertiary/aromatic N) is 1. The number of morpholine rings is 1. The molecule has 6 rings (SSSR count). The highest BCUT2D eigenvalue weighted by molar-refractivity contribution is 5.96. The van der Waals surface area contributed by atoms with E-state index in [0.717, 1.165) is 57.7 Å². The van der Waals surface area contributed by atoms with Crippen LogP contribution in [-0.4, -0.2) is 42.9 Å². The Kier molecular flexibility index (Phi) is 3.80. The molecule has 4 bridgehead atoms. The highest BCUT2D eigenvalue weighted by Gasteiger charge is 2.60. The summed E-state index contributed by atoms with van der Waals surface area (Å²) in [6.07, 6.45) is 5.53. The lowest BCUT2D eigenvalue weighted by Crippen LogP contribution is -2.59. The van der Waals surface area contributed by atoms with Crippen molar-refractivity contribution in [3.05, 3.63) is 24.3 Å². The third-order valence-electron chi connectivity index (χ3n) is 7.01. The van der Waals surface area contributed by atoms with Crippen molar-refractivity contribution >= 4 is 17.3 Å². The normalized spacial score (nSPS) is 38.4. The summed E-state index contributed by atoms with van der Waals surface area (Å²) in [5, 5.41) is 14.0. The summed E-state index contributed by atoms with van der Waals surface area (Å²) in [5.74, 6) is 1.16. The van der Waals surface area contributed by atoms with E-state index in [4.69, 9.17) is 4.74 Å². The molecule has 0 radical (unpaired) electrons.